The van der Waals surface area contributed by atoms with Gasteiger partial charge in [-0.1, -0.05) is 18.2 Å². The van der Waals surface area contributed by atoms with Gasteiger partial charge in [-0.05, 0) is 48.5 Å². The Hall–Kier alpha value is -3.42. The topological polar surface area (TPSA) is 45.2 Å². The minimum atomic E-state index is -4.62. The van der Waals surface area contributed by atoms with E-state index < -0.39 is 29.8 Å². The summed E-state index contributed by atoms with van der Waals surface area (Å²) in [6.45, 7) is 0. The van der Waals surface area contributed by atoms with Crippen molar-refractivity contribution in [3.63, 3.8) is 0 Å². The van der Waals surface area contributed by atoms with Crippen LogP contribution >= 0.6 is 0 Å². The van der Waals surface area contributed by atoms with E-state index in [-0.39, 0.29) is 5.69 Å². The molecule has 3 aromatic rings. The van der Waals surface area contributed by atoms with Crippen LogP contribution in [0.15, 0.2) is 66.7 Å². The highest BCUT2D eigenvalue weighted by Gasteiger charge is 2.37. The maximum atomic E-state index is 13.3. The summed E-state index contributed by atoms with van der Waals surface area (Å²) in [6, 6.07) is 15.3. The molecule has 4 nitrogen and oxygen atoms in total. The second-order valence-corrected chi connectivity index (χ2v) is 6.19. The Labute approximate surface area is 157 Å². The van der Waals surface area contributed by atoms with Crippen LogP contribution in [0.1, 0.15) is 27.9 Å². The van der Waals surface area contributed by atoms with E-state index in [1.54, 1.807) is 24.3 Å². The number of anilines is 2. The van der Waals surface area contributed by atoms with Crippen LogP contribution in [0.4, 0.5) is 28.9 Å². The number of fused-ring (bicyclic) bond motifs is 1. The number of amides is 1. The minimum absolute atomic E-state index is 0.0157. The Bertz CT molecular complexity index is 1030. The van der Waals surface area contributed by atoms with Gasteiger partial charge in [0.2, 0.25) is 0 Å². The molecule has 0 spiro atoms. The summed E-state index contributed by atoms with van der Waals surface area (Å²) >= 11 is 0. The molecule has 2 heterocycles. The van der Waals surface area contributed by atoms with Crippen molar-refractivity contribution < 1.29 is 22.4 Å². The molecule has 2 aromatic carbocycles. The van der Waals surface area contributed by atoms with E-state index in [9.17, 15) is 22.4 Å². The van der Waals surface area contributed by atoms with Crippen LogP contribution in [0, 0.1) is 5.82 Å². The van der Waals surface area contributed by atoms with Gasteiger partial charge in [-0.15, -0.1) is 0 Å². The van der Waals surface area contributed by atoms with E-state index in [0.717, 1.165) is 6.07 Å². The Balaban J connectivity index is 1.85. The van der Waals surface area contributed by atoms with Gasteiger partial charge in [0, 0.05) is 11.4 Å². The molecule has 1 N–H and O–H groups in total. The zero-order valence-electron chi connectivity index (χ0n) is 14.2. The van der Waals surface area contributed by atoms with Crippen molar-refractivity contribution in [1.82, 2.24) is 4.98 Å². The lowest BCUT2D eigenvalue weighted by atomic mass is 10.0. The summed E-state index contributed by atoms with van der Waals surface area (Å²) in [6.07, 6.45) is -5.61. The van der Waals surface area contributed by atoms with E-state index in [1.807, 2.05) is 0 Å². The highest BCUT2D eigenvalue weighted by molar-refractivity contribution is 6.12. The lowest BCUT2D eigenvalue weighted by Crippen LogP contribution is -2.43. The van der Waals surface area contributed by atoms with Crippen LogP contribution in [0.5, 0.6) is 0 Å². The fourth-order valence-electron chi connectivity index (χ4n) is 3.09. The molecule has 1 atom stereocenters. The number of carbonyl (C=O) groups excluding carboxylic acids is 1. The number of halogens is 4. The zero-order valence-corrected chi connectivity index (χ0v) is 14.2. The minimum Gasteiger partial charge on any atom is -0.359 e. The van der Waals surface area contributed by atoms with Crippen molar-refractivity contribution in [2.45, 2.75) is 12.3 Å². The van der Waals surface area contributed by atoms with Gasteiger partial charge >= 0.3 is 6.18 Å². The van der Waals surface area contributed by atoms with Gasteiger partial charge in [0.15, 0.2) is 6.17 Å². The van der Waals surface area contributed by atoms with Crippen molar-refractivity contribution in [3.05, 3.63) is 89.5 Å². The van der Waals surface area contributed by atoms with Crippen LogP contribution in [-0.4, -0.2) is 10.9 Å². The standard InChI is InChI=1S/C20H13F4N3O/c21-12-8-10-13(11-9-12)27-18(16-6-3-7-17(25-16)20(22,23)24)26-15-5-2-1-4-14(15)19(27)28/h1-11,18,26H. The molecule has 1 aliphatic heterocycles. The fraction of sp³-hybridized carbons (Fsp3) is 0.100. The summed E-state index contributed by atoms with van der Waals surface area (Å²) in [5, 5.41) is 3.07. The smallest absolute Gasteiger partial charge is 0.359 e. The highest BCUT2D eigenvalue weighted by atomic mass is 19.4. The van der Waals surface area contributed by atoms with E-state index in [1.165, 1.54) is 41.3 Å². The highest BCUT2D eigenvalue weighted by Crippen LogP contribution is 2.37. The summed E-state index contributed by atoms with van der Waals surface area (Å²) in [5.41, 5.74) is 0.127. The molecule has 1 amide bonds. The van der Waals surface area contributed by atoms with Crippen molar-refractivity contribution in [2.75, 3.05) is 10.2 Å². The number of pyridine rings is 1. The number of hydrogen-bond donors (Lipinski definition) is 1. The first-order chi connectivity index (χ1) is 13.3. The first-order valence-corrected chi connectivity index (χ1v) is 8.33. The molecule has 4 rings (SSSR count). The SMILES string of the molecule is O=C1c2ccccc2NC(c2cccc(C(F)(F)F)n2)N1c1ccc(F)cc1. The van der Waals surface area contributed by atoms with Gasteiger partial charge in [-0.3, -0.25) is 9.69 Å². The third-order valence-electron chi connectivity index (χ3n) is 4.37. The Morgan fingerprint density at radius 3 is 2.36 bits per heavy atom. The van der Waals surface area contributed by atoms with Crippen LogP contribution in [0.2, 0.25) is 0 Å². The number of nitrogens with zero attached hydrogens (tertiary/aromatic N) is 2. The lowest BCUT2D eigenvalue weighted by molar-refractivity contribution is -0.141. The second kappa shape index (κ2) is 6.63. The first-order valence-electron chi connectivity index (χ1n) is 8.33. The molecule has 1 aliphatic rings. The molecule has 0 saturated heterocycles. The number of alkyl halides is 3. The molecule has 142 valence electrons. The molecular formula is C20H13F4N3O. The summed E-state index contributed by atoms with van der Waals surface area (Å²) in [7, 11) is 0. The zero-order chi connectivity index (χ0) is 19.9. The summed E-state index contributed by atoms with van der Waals surface area (Å²) < 4.78 is 52.7. The van der Waals surface area contributed by atoms with Gasteiger partial charge in [-0.25, -0.2) is 9.37 Å². The predicted octanol–water partition coefficient (Wildman–Crippen LogP) is 5.01. The normalized spacial score (nSPS) is 16.5. The van der Waals surface area contributed by atoms with Crippen LogP contribution < -0.4 is 10.2 Å². The molecule has 0 fully saturated rings. The Morgan fingerprint density at radius 2 is 1.64 bits per heavy atom. The van der Waals surface area contributed by atoms with Crippen molar-refractivity contribution in [1.29, 1.82) is 0 Å². The van der Waals surface area contributed by atoms with E-state index in [0.29, 0.717) is 16.9 Å². The van der Waals surface area contributed by atoms with Crippen molar-refractivity contribution in [3.8, 4) is 0 Å². The van der Waals surface area contributed by atoms with Crippen LogP contribution in [0.3, 0.4) is 0 Å². The monoisotopic (exact) mass is 387 g/mol. The largest absolute Gasteiger partial charge is 0.433 e. The summed E-state index contributed by atoms with van der Waals surface area (Å²) in [5.74, 6) is -0.916. The lowest BCUT2D eigenvalue weighted by Gasteiger charge is -2.37. The quantitative estimate of drug-likeness (QED) is 0.629. The average molecular weight is 387 g/mol. The molecule has 1 unspecified atom stereocenters. The molecule has 1 aromatic heterocycles. The van der Waals surface area contributed by atoms with Crippen molar-refractivity contribution in [2.24, 2.45) is 0 Å². The van der Waals surface area contributed by atoms with Gasteiger partial charge in [-0.2, -0.15) is 13.2 Å². The molecular weight excluding hydrogens is 374 g/mol. The molecule has 0 saturated carbocycles. The molecule has 28 heavy (non-hydrogen) atoms. The molecule has 0 aliphatic carbocycles. The van der Waals surface area contributed by atoms with Crippen LogP contribution in [0.25, 0.3) is 0 Å². The van der Waals surface area contributed by atoms with Gasteiger partial charge in [0.25, 0.3) is 5.91 Å². The predicted molar refractivity (Wildman–Crippen MR) is 95.3 cm³/mol. The van der Waals surface area contributed by atoms with E-state index in [4.69, 9.17) is 0 Å². The van der Waals surface area contributed by atoms with Gasteiger partial charge in [0.1, 0.15) is 11.5 Å². The molecule has 0 radical (unpaired) electrons. The number of benzene rings is 2. The number of aromatic nitrogens is 1. The van der Waals surface area contributed by atoms with Crippen molar-refractivity contribution >= 4 is 17.3 Å². The Kier molecular flexibility index (Phi) is 4.26. The third kappa shape index (κ3) is 3.17. The summed E-state index contributed by atoms with van der Waals surface area (Å²) in [4.78, 5) is 18.1. The first kappa shape index (κ1) is 18.0. The molecule has 0 bridgehead atoms. The number of hydrogen-bond acceptors (Lipinski definition) is 3. The van der Waals surface area contributed by atoms with E-state index in [2.05, 4.69) is 10.3 Å². The maximum absolute atomic E-state index is 13.3. The number of nitrogens with one attached hydrogen (secondary N) is 1. The number of para-hydroxylation sites is 1. The van der Waals surface area contributed by atoms with Gasteiger partial charge < -0.3 is 5.32 Å². The molecule has 8 heteroatoms. The Morgan fingerprint density at radius 1 is 0.929 bits per heavy atom. The van der Waals surface area contributed by atoms with Crippen LogP contribution in [-0.2, 0) is 6.18 Å². The maximum Gasteiger partial charge on any atom is 0.433 e. The average Bonchev–Trinajstić information content (AvgIpc) is 2.68. The second-order valence-electron chi connectivity index (χ2n) is 6.19. The third-order valence-corrected chi connectivity index (χ3v) is 4.37. The van der Waals surface area contributed by atoms with Gasteiger partial charge in [0.05, 0.1) is 11.3 Å². The van der Waals surface area contributed by atoms with E-state index >= 15 is 0 Å². The number of carbonyl (C=O) groups is 1. The fourth-order valence-corrected chi connectivity index (χ4v) is 3.09. The number of rotatable bonds is 2.